The van der Waals surface area contributed by atoms with Crippen LogP contribution in [0.2, 0.25) is 0 Å². The summed E-state index contributed by atoms with van der Waals surface area (Å²) in [4.78, 5) is 22.3. The van der Waals surface area contributed by atoms with Gasteiger partial charge in [0.1, 0.15) is 29.7 Å². The van der Waals surface area contributed by atoms with Gasteiger partial charge < -0.3 is 9.15 Å². The monoisotopic (exact) mass is 353 g/mol. The van der Waals surface area contributed by atoms with Crippen molar-refractivity contribution in [2.75, 3.05) is 7.11 Å². The van der Waals surface area contributed by atoms with Crippen LogP contribution in [0.3, 0.4) is 0 Å². The van der Waals surface area contributed by atoms with Gasteiger partial charge in [-0.15, -0.1) is 0 Å². The molecule has 0 aliphatic rings. The van der Waals surface area contributed by atoms with Gasteiger partial charge in [-0.3, -0.25) is 19.6 Å². The number of methoxy groups -OCH3 is 1. The second kappa shape index (κ2) is 7.47. The molecule has 0 N–H and O–H groups in total. The summed E-state index contributed by atoms with van der Waals surface area (Å²) in [5.41, 5.74) is 0.458. The molecule has 0 aliphatic carbocycles. The molecule has 0 atom stereocenters. The Hall–Kier alpha value is -3.68. The lowest BCUT2D eigenvalue weighted by atomic mass is 10.1. The highest BCUT2D eigenvalue weighted by atomic mass is 16.6. The van der Waals surface area contributed by atoms with Crippen molar-refractivity contribution in [2.45, 2.75) is 6.54 Å². The van der Waals surface area contributed by atoms with Crippen molar-refractivity contribution < 1.29 is 18.9 Å². The third kappa shape index (κ3) is 4.04. The first-order chi connectivity index (χ1) is 12.5. The van der Waals surface area contributed by atoms with Gasteiger partial charge in [0.15, 0.2) is 5.78 Å². The molecule has 0 unspecified atom stereocenters. The molecule has 3 aromatic rings. The molecular weight excluding hydrogens is 338 g/mol. The summed E-state index contributed by atoms with van der Waals surface area (Å²) in [6.07, 6.45) is 5.49. The van der Waals surface area contributed by atoms with Crippen LogP contribution in [-0.2, 0) is 6.54 Å². The lowest BCUT2D eigenvalue weighted by Crippen LogP contribution is -1.98. The zero-order valence-corrected chi connectivity index (χ0v) is 13.9. The number of benzene rings is 1. The third-order valence-electron chi connectivity index (χ3n) is 3.60. The van der Waals surface area contributed by atoms with Gasteiger partial charge in [0.25, 0.3) is 0 Å². The first kappa shape index (κ1) is 17.2. The Balaban J connectivity index is 1.64. The Bertz CT molecular complexity index is 953. The summed E-state index contributed by atoms with van der Waals surface area (Å²) in [7, 11) is 1.56. The standard InChI is InChI=1S/C18H15N3O5/c1-25-15-4-2-13(3-5-15)18(22)9-8-16-6-7-17(26-16)12-20-11-14(10-19-20)21(23)24/h2-11H,12H2,1H3/b9-8+. The van der Waals surface area contributed by atoms with Gasteiger partial charge in [0.2, 0.25) is 0 Å². The van der Waals surface area contributed by atoms with E-state index in [4.69, 9.17) is 9.15 Å². The zero-order chi connectivity index (χ0) is 18.5. The maximum atomic E-state index is 12.1. The zero-order valence-electron chi connectivity index (χ0n) is 13.9. The first-order valence-electron chi connectivity index (χ1n) is 7.67. The van der Waals surface area contributed by atoms with Crippen LogP contribution in [-0.4, -0.2) is 27.6 Å². The molecule has 0 radical (unpaired) electrons. The van der Waals surface area contributed by atoms with E-state index in [1.807, 2.05) is 0 Å². The largest absolute Gasteiger partial charge is 0.497 e. The number of nitro groups is 1. The molecular formula is C18H15N3O5. The van der Waals surface area contributed by atoms with Crippen molar-refractivity contribution in [3.8, 4) is 5.75 Å². The normalized spacial score (nSPS) is 11.0. The molecule has 0 fully saturated rings. The fourth-order valence-electron chi connectivity index (χ4n) is 2.27. The minimum Gasteiger partial charge on any atom is -0.497 e. The molecule has 3 rings (SSSR count). The van der Waals surface area contributed by atoms with E-state index >= 15 is 0 Å². The third-order valence-corrected chi connectivity index (χ3v) is 3.60. The molecule has 0 aliphatic heterocycles. The fraction of sp³-hybridized carbons (Fsp3) is 0.111. The Morgan fingerprint density at radius 1 is 1.31 bits per heavy atom. The highest BCUT2D eigenvalue weighted by Gasteiger charge is 2.10. The quantitative estimate of drug-likeness (QED) is 0.279. The van der Waals surface area contributed by atoms with Gasteiger partial charge in [0, 0.05) is 5.56 Å². The minimum absolute atomic E-state index is 0.0817. The minimum atomic E-state index is -0.509. The average molecular weight is 353 g/mol. The highest BCUT2D eigenvalue weighted by molar-refractivity contribution is 6.06. The number of carbonyl (C=O) groups is 1. The second-order valence-corrected chi connectivity index (χ2v) is 5.38. The lowest BCUT2D eigenvalue weighted by Gasteiger charge is -1.99. The number of ketones is 1. The Labute approximate surface area is 148 Å². The number of aromatic nitrogens is 2. The van der Waals surface area contributed by atoms with Crippen LogP contribution in [0.25, 0.3) is 6.08 Å². The summed E-state index contributed by atoms with van der Waals surface area (Å²) < 4.78 is 12.1. The maximum absolute atomic E-state index is 12.1. The van der Waals surface area contributed by atoms with Gasteiger partial charge >= 0.3 is 5.69 Å². The van der Waals surface area contributed by atoms with Gasteiger partial charge in [-0.2, -0.15) is 5.10 Å². The van der Waals surface area contributed by atoms with Crippen molar-refractivity contribution in [3.05, 3.63) is 82.1 Å². The predicted octanol–water partition coefficient (Wildman–Crippen LogP) is 3.34. The second-order valence-electron chi connectivity index (χ2n) is 5.38. The maximum Gasteiger partial charge on any atom is 0.307 e. The van der Waals surface area contributed by atoms with Crippen LogP contribution in [0.15, 0.2) is 59.3 Å². The number of nitrogens with zero attached hydrogens (tertiary/aromatic N) is 3. The Kier molecular flexibility index (Phi) is 4.93. The number of hydrogen-bond acceptors (Lipinski definition) is 6. The smallest absolute Gasteiger partial charge is 0.307 e. The van der Waals surface area contributed by atoms with Crippen LogP contribution in [0.5, 0.6) is 5.75 Å². The summed E-state index contributed by atoms with van der Waals surface area (Å²) in [6, 6.07) is 10.2. The van der Waals surface area contributed by atoms with Gasteiger partial charge in [-0.1, -0.05) is 0 Å². The molecule has 2 aromatic heterocycles. The van der Waals surface area contributed by atoms with Gasteiger partial charge in [0.05, 0.1) is 18.6 Å². The van der Waals surface area contributed by atoms with Crippen LogP contribution < -0.4 is 4.74 Å². The van der Waals surface area contributed by atoms with Crippen molar-refractivity contribution in [2.24, 2.45) is 0 Å². The van der Waals surface area contributed by atoms with E-state index < -0.39 is 4.92 Å². The fourth-order valence-corrected chi connectivity index (χ4v) is 2.27. The van der Waals surface area contributed by atoms with E-state index in [9.17, 15) is 14.9 Å². The SMILES string of the molecule is COc1ccc(C(=O)/C=C/c2ccc(Cn3cc([N+](=O)[O-])cn3)o2)cc1. The molecule has 0 bridgehead atoms. The number of allylic oxidation sites excluding steroid dienone is 1. The summed E-state index contributed by atoms with van der Waals surface area (Å²) >= 11 is 0. The van der Waals surface area contributed by atoms with Gasteiger partial charge in [-0.25, -0.2) is 0 Å². The van der Waals surface area contributed by atoms with Crippen LogP contribution in [0, 0.1) is 10.1 Å². The molecule has 2 heterocycles. The first-order valence-corrected chi connectivity index (χ1v) is 7.67. The van der Waals surface area contributed by atoms with Crippen molar-refractivity contribution >= 4 is 17.5 Å². The summed E-state index contributed by atoms with van der Waals surface area (Å²) in [5, 5.41) is 14.6. The van der Waals surface area contributed by atoms with Crippen molar-refractivity contribution in [3.63, 3.8) is 0 Å². The predicted molar refractivity (Wildman–Crippen MR) is 93.0 cm³/mol. The van der Waals surface area contributed by atoms with E-state index in [0.29, 0.717) is 22.8 Å². The molecule has 8 nitrogen and oxygen atoms in total. The molecule has 132 valence electrons. The highest BCUT2D eigenvalue weighted by Crippen LogP contribution is 2.15. The van der Waals surface area contributed by atoms with E-state index in [-0.39, 0.29) is 18.0 Å². The Morgan fingerprint density at radius 3 is 2.73 bits per heavy atom. The van der Waals surface area contributed by atoms with Crippen LogP contribution in [0.4, 0.5) is 5.69 Å². The molecule has 8 heteroatoms. The number of hydrogen-bond donors (Lipinski definition) is 0. The topological polar surface area (TPSA) is 100 Å². The van der Waals surface area contributed by atoms with E-state index in [1.165, 1.54) is 23.2 Å². The van der Waals surface area contributed by atoms with Gasteiger partial charge in [-0.05, 0) is 48.6 Å². The average Bonchev–Trinajstić information content (AvgIpc) is 3.30. The van der Waals surface area contributed by atoms with Crippen molar-refractivity contribution in [1.82, 2.24) is 9.78 Å². The summed E-state index contributed by atoms with van der Waals surface area (Å²) in [5.74, 6) is 1.59. The number of rotatable bonds is 7. The molecule has 0 amide bonds. The molecule has 0 saturated heterocycles. The van der Waals surface area contributed by atoms with E-state index in [0.717, 1.165) is 0 Å². The summed E-state index contributed by atoms with van der Waals surface area (Å²) in [6.45, 7) is 0.258. The number of furan rings is 1. The van der Waals surface area contributed by atoms with Crippen LogP contribution >= 0.6 is 0 Å². The molecule has 1 aromatic carbocycles. The van der Waals surface area contributed by atoms with Crippen molar-refractivity contribution in [1.29, 1.82) is 0 Å². The van der Waals surface area contributed by atoms with E-state index in [2.05, 4.69) is 5.10 Å². The number of carbonyl (C=O) groups excluding carboxylic acids is 1. The molecule has 0 saturated carbocycles. The Morgan fingerprint density at radius 2 is 2.08 bits per heavy atom. The molecule has 26 heavy (non-hydrogen) atoms. The molecule has 0 spiro atoms. The van der Waals surface area contributed by atoms with E-state index in [1.54, 1.807) is 49.6 Å². The lowest BCUT2D eigenvalue weighted by molar-refractivity contribution is -0.385. The number of ether oxygens (including phenoxy) is 1. The van der Waals surface area contributed by atoms with Crippen LogP contribution in [0.1, 0.15) is 21.9 Å².